The van der Waals surface area contributed by atoms with E-state index in [1.807, 2.05) is 30.3 Å². The SMILES string of the molecule is C#C[C@]1(CO[P@@](=O)(N[C@@H](Cc2ccccc2)C(=O)OC(CCCCCCCCCCC)CCCCCCCCCCC)Oc2ccccc2)O[C@@H](n2cnc3c(N)nc(F)nc32)C[C@@H]1OC(=O)OCCCCCC. The summed E-state index contributed by atoms with van der Waals surface area (Å²) in [5.74, 6) is 1.99. The van der Waals surface area contributed by atoms with Crippen molar-refractivity contribution < 1.29 is 46.5 Å². The highest BCUT2D eigenvalue weighted by atomic mass is 31.2. The average Bonchev–Trinajstić information content (AvgIpc) is 3.99. The molecule has 0 saturated carbocycles. The third kappa shape index (κ3) is 20.2. The summed E-state index contributed by atoms with van der Waals surface area (Å²) in [6, 6.07) is 16.5. The molecule has 0 aliphatic carbocycles. The molecule has 2 aromatic carbocycles. The molecule has 0 amide bonds. The minimum Gasteiger partial charge on any atom is -0.461 e. The van der Waals surface area contributed by atoms with E-state index in [1.54, 1.807) is 30.3 Å². The number of carbonyl (C=O) groups excluding carboxylic acids is 2. The molecule has 5 atom stereocenters. The summed E-state index contributed by atoms with van der Waals surface area (Å²) in [6.45, 7) is 5.97. The number of nitrogens with zero attached hydrogens (tertiary/aromatic N) is 4. The molecule has 1 fully saturated rings. The van der Waals surface area contributed by atoms with Crippen molar-refractivity contribution in [1.82, 2.24) is 24.6 Å². The predicted molar refractivity (Wildman–Crippen MR) is 288 cm³/mol. The molecular formula is C57H84FN6O9P. The van der Waals surface area contributed by atoms with Gasteiger partial charge in [0.05, 0.1) is 12.9 Å². The van der Waals surface area contributed by atoms with E-state index in [9.17, 15) is 14.0 Å². The van der Waals surface area contributed by atoms with Crippen LogP contribution in [0.15, 0.2) is 67.0 Å². The maximum Gasteiger partial charge on any atom is 0.508 e. The number of imidazole rings is 1. The third-order valence-electron chi connectivity index (χ3n) is 13.6. The Kier molecular flexibility index (Phi) is 26.7. The van der Waals surface area contributed by atoms with Crippen LogP contribution in [0.3, 0.4) is 0 Å². The lowest BCUT2D eigenvalue weighted by Crippen LogP contribution is -2.46. The fourth-order valence-corrected chi connectivity index (χ4v) is 10.8. The van der Waals surface area contributed by atoms with Gasteiger partial charge in [0.1, 0.15) is 30.7 Å². The van der Waals surface area contributed by atoms with E-state index < -0.39 is 56.5 Å². The number of esters is 1. The Morgan fingerprint density at radius 3 is 1.96 bits per heavy atom. The Labute approximate surface area is 439 Å². The molecule has 17 heteroatoms. The second kappa shape index (κ2) is 33.1. The minimum atomic E-state index is -4.65. The van der Waals surface area contributed by atoms with Crippen molar-refractivity contribution in [1.29, 1.82) is 0 Å². The highest BCUT2D eigenvalue weighted by molar-refractivity contribution is 7.52. The number of hydrogen-bond acceptors (Lipinski definition) is 13. The van der Waals surface area contributed by atoms with Gasteiger partial charge in [0.15, 0.2) is 28.7 Å². The van der Waals surface area contributed by atoms with Crippen molar-refractivity contribution in [2.45, 2.75) is 218 Å². The summed E-state index contributed by atoms with van der Waals surface area (Å²) < 4.78 is 68.3. The molecule has 5 rings (SSSR count). The minimum absolute atomic E-state index is 0.00178. The molecule has 15 nitrogen and oxygen atoms in total. The maximum atomic E-state index is 15.5. The summed E-state index contributed by atoms with van der Waals surface area (Å²) in [5.41, 5.74) is 4.92. The van der Waals surface area contributed by atoms with Crippen LogP contribution >= 0.6 is 7.75 Å². The molecule has 408 valence electrons. The van der Waals surface area contributed by atoms with Crippen LogP contribution in [0.5, 0.6) is 5.75 Å². The second-order valence-corrected chi connectivity index (χ2v) is 21.3. The number of carbonyl (C=O) groups is 2. The number of unbranched alkanes of at least 4 members (excludes halogenated alkanes) is 19. The van der Waals surface area contributed by atoms with E-state index in [4.69, 9.17) is 40.2 Å². The number of fused-ring (bicyclic) bond motifs is 1. The Balaban J connectivity index is 1.39. The van der Waals surface area contributed by atoms with Crippen LogP contribution in [0.4, 0.5) is 15.0 Å². The van der Waals surface area contributed by atoms with E-state index in [0.29, 0.717) is 19.3 Å². The van der Waals surface area contributed by atoms with Crippen molar-refractivity contribution in [3.63, 3.8) is 0 Å². The molecular weight excluding hydrogens is 963 g/mol. The zero-order valence-corrected chi connectivity index (χ0v) is 45.3. The van der Waals surface area contributed by atoms with Gasteiger partial charge in [0.2, 0.25) is 0 Å². The van der Waals surface area contributed by atoms with Gasteiger partial charge in [-0.05, 0) is 56.2 Å². The topological polar surface area (TPSA) is 188 Å². The standard InChI is InChI=1S/C57H84FN6O9P/c1-5-9-12-15-17-19-21-23-29-36-46(37-30-24-22-20-18-16-13-10-6-2)70-54(65)48(41-45-34-27-25-28-35-45)63-74(67,73-47-38-31-26-32-39-47)69-43-57(8-4)49(71-56(66)68-40-33-14-11-7-3)42-50(72-57)64-44-60-51-52(59)61-55(58)62-53(51)64/h4,25-28,31-32,34-35,38-39,44,46,48-50H,5-7,9-24,29-30,33,36-37,40-43H2,1-3H3,(H,63,67)(H2,59,61,62)/t48-,49-,50+,57+,74-/m0/s1. The predicted octanol–water partition coefficient (Wildman–Crippen LogP) is 14.1. The molecule has 1 aliphatic heterocycles. The van der Waals surface area contributed by atoms with E-state index in [-0.39, 0.29) is 48.3 Å². The molecule has 3 heterocycles. The summed E-state index contributed by atoms with van der Waals surface area (Å²) in [5, 5.41) is 2.98. The van der Waals surface area contributed by atoms with Gasteiger partial charge in [-0.1, -0.05) is 197 Å². The first-order chi connectivity index (χ1) is 36.0. The number of benzene rings is 2. The number of anilines is 1. The Morgan fingerprint density at radius 2 is 1.38 bits per heavy atom. The monoisotopic (exact) mass is 1050 g/mol. The first kappa shape index (κ1) is 59.8. The number of rotatable bonds is 38. The van der Waals surface area contributed by atoms with Crippen molar-refractivity contribution >= 4 is 36.9 Å². The smallest absolute Gasteiger partial charge is 0.461 e. The van der Waals surface area contributed by atoms with Crippen molar-refractivity contribution in [2.75, 3.05) is 18.9 Å². The summed E-state index contributed by atoms with van der Waals surface area (Å²) in [4.78, 5) is 39.8. The fraction of sp³-hybridized carbons (Fsp3) is 0.632. The van der Waals surface area contributed by atoms with Crippen molar-refractivity contribution in [3.8, 4) is 18.1 Å². The second-order valence-electron chi connectivity index (χ2n) is 19.6. The quantitative estimate of drug-likeness (QED) is 0.0142. The van der Waals surface area contributed by atoms with Crippen molar-refractivity contribution in [3.05, 3.63) is 78.6 Å². The van der Waals surface area contributed by atoms with E-state index in [2.05, 4.69) is 46.7 Å². The molecule has 0 bridgehead atoms. The van der Waals surface area contributed by atoms with Gasteiger partial charge in [-0.25, -0.2) is 14.3 Å². The van der Waals surface area contributed by atoms with Gasteiger partial charge < -0.3 is 29.2 Å². The van der Waals surface area contributed by atoms with Gasteiger partial charge in [-0.3, -0.25) is 13.9 Å². The number of nitrogen functional groups attached to an aromatic ring is 1. The lowest BCUT2D eigenvalue weighted by molar-refractivity contribution is -0.152. The van der Waals surface area contributed by atoms with Crippen LogP contribution in [0, 0.1) is 18.4 Å². The highest BCUT2D eigenvalue weighted by Gasteiger charge is 2.54. The van der Waals surface area contributed by atoms with Crippen LogP contribution in [0.25, 0.3) is 11.2 Å². The van der Waals surface area contributed by atoms with Gasteiger partial charge in [-0.15, -0.1) is 6.42 Å². The maximum absolute atomic E-state index is 15.5. The van der Waals surface area contributed by atoms with Gasteiger partial charge in [0, 0.05) is 6.42 Å². The summed E-state index contributed by atoms with van der Waals surface area (Å²) >= 11 is 0. The fourth-order valence-electron chi connectivity index (χ4n) is 9.29. The first-order valence-electron chi connectivity index (χ1n) is 27.7. The van der Waals surface area contributed by atoms with Crippen LogP contribution < -0.4 is 15.3 Å². The van der Waals surface area contributed by atoms with Crippen LogP contribution in [0.1, 0.15) is 193 Å². The van der Waals surface area contributed by atoms with E-state index in [0.717, 1.165) is 63.4 Å². The van der Waals surface area contributed by atoms with Crippen LogP contribution in [-0.2, 0) is 39.3 Å². The number of ether oxygens (including phenoxy) is 4. The Hall–Kier alpha value is -5.07. The molecule has 1 aliphatic rings. The van der Waals surface area contributed by atoms with Gasteiger partial charge in [0.25, 0.3) is 0 Å². The van der Waals surface area contributed by atoms with E-state index in [1.165, 1.54) is 87.9 Å². The number of terminal acetylenes is 1. The molecule has 0 radical (unpaired) electrons. The summed E-state index contributed by atoms with van der Waals surface area (Å²) in [6.07, 6.45) is 28.9. The lowest BCUT2D eigenvalue weighted by atomic mass is 9.99. The largest absolute Gasteiger partial charge is 0.508 e. The number of nitrogens with one attached hydrogen (secondary N) is 1. The normalized spacial score (nSPS) is 17.7. The third-order valence-corrected chi connectivity index (χ3v) is 15.1. The molecule has 2 aromatic heterocycles. The Morgan fingerprint density at radius 1 is 0.824 bits per heavy atom. The molecule has 74 heavy (non-hydrogen) atoms. The summed E-state index contributed by atoms with van der Waals surface area (Å²) in [7, 11) is -4.65. The molecule has 1 saturated heterocycles. The number of halogens is 1. The molecule has 3 N–H and O–H groups in total. The van der Waals surface area contributed by atoms with Gasteiger partial charge >= 0.3 is 25.9 Å². The molecule has 0 spiro atoms. The van der Waals surface area contributed by atoms with Gasteiger partial charge in [-0.2, -0.15) is 19.4 Å². The number of para-hydroxylation sites is 1. The molecule has 0 unspecified atom stereocenters. The zero-order valence-electron chi connectivity index (χ0n) is 44.4. The van der Waals surface area contributed by atoms with E-state index >= 15 is 4.57 Å². The lowest BCUT2D eigenvalue weighted by Gasteiger charge is -2.31. The number of hydrogen-bond donors (Lipinski definition) is 2. The first-order valence-corrected chi connectivity index (χ1v) is 29.2. The highest BCUT2D eigenvalue weighted by Crippen LogP contribution is 2.49. The average molecular weight is 1050 g/mol. The molecule has 4 aromatic rings. The number of nitrogens with two attached hydrogens (primary N) is 1. The van der Waals surface area contributed by atoms with Crippen LogP contribution in [-0.4, -0.2) is 68.7 Å². The van der Waals surface area contributed by atoms with Crippen molar-refractivity contribution in [2.24, 2.45) is 0 Å². The Bertz CT molecular complexity index is 2300. The number of aromatic nitrogens is 4. The van der Waals surface area contributed by atoms with Crippen LogP contribution in [0.2, 0.25) is 0 Å². The zero-order chi connectivity index (χ0) is 52.9.